The van der Waals surface area contributed by atoms with E-state index in [0.29, 0.717) is 17.9 Å². The van der Waals surface area contributed by atoms with E-state index in [1.54, 1.807) is 24.8 Å². The van der Waals surface area contributed by atoms with E-state index in [1.807, 2.05) is 32.1 Å². The minimum Gasteiger partial charge on any atom is -0.508 e. The highest BCUT2D eigenvalue weighted by atomic mass is 32.2. The van der Waals surface area contributed by atoms with Gasteiger partial charge >= 0.3 is 0 Å². The zero-order valence-electron chi connectivity index (χ0n) is 12.7. The molecule has 0 aliphatic carbocycles. The van der Waals surface area contributed by atoms with Gasteiger partial charge in [0.15, 0.2) is 0 Å². The van der Waals surface area contributed by atoms with Gasteiger partial charge in [-0.25, -0.2) is 0 Å². The molecule has 0 heterocycles. The van der Waals surface area contributed by atoms with Crippen molar-refractivity contribution in [3.05, 3.63) is 53.5 Å². The first kappa shape index (κ1) is 17.0. The quantitative estimate of drug-likeness (QED) is 0.575. The molecule has 1 rings (SSSR count). The van der Waals surface area contributed by atoms with Crippen molar-refractivity contribution in [1.82, 2.24) is 0 Å². The van der Waals surface area contributed by atoms with Crippen LogP contribution in [0.5, 0.6) is 5.75 Å². The molecular weight excluding hydrogens is 280 g/mol. The molecule has 0 aliphatic heterocycles. The number of aliphatic hydroxyl groups excluding tert-OH is 1. The summed E-state index contributed by atoms with van der Waals surface area (Å²) in [6, 6.07) is 5.48. The van der Waals surface area contributed by atoms with E-state index in [0.717, 1.165) is 15.4 Å². The summed E-state index contributed by atoms with van der Waals surface area (Å²) in [4.78, 5) is 2.05. The topological polar surface area (TPSA) is 29.5 Å². The van der Waals surface area contributed by atoms with Gasteiger partial charge in [0.25, 0.3) is 0 Å². The van der Waals surface area contributed by atoms with Crippen LogP contribution in [-0.4, -0.2) is 11.7 Å². The second kappa shape index (κ2) is 8.28. The lowest BCUT2D eigenvalue weighted by molar-refractivity contribution is 0.369. The van der Waals surface area contributed by atoms with Crippen molar-refractivity contribution >= 4 is 22.4 Å². The Morgan fingerprint density at radius 2 is 2.00 bits per heavy atom. The Morgan fingerprint density at radius 1 is 1.33 bits per heavy atom. The molecule has 0 saturated carbocycles. The number of aliphatic hydroxyl groups is 1. The first-order valence-corrected chi connectivity index (χ1v) is 7.35. The summed E-state index contributed by atoms with van der Waals surface area (Å²) >= 11 is 1.58. The van der Waals surface area contributed by atoms with E-state index < -0.39 is 0 Å². The van der Waals surface area contributed by atoms with Gasteiger partial charge in [0.1, 0.15) is 18.1 Å². The predicted octanol–water partition coefficient (Wildman–Crippen LogP) is 5.25. The van der Waals surface area contributed by atoms with E-state index in [1.165, 1.54) is 0 Å². The standard InChI is InChI=1S/C18H20O2S/c1-6-8-9-20-18-11-16(14(4)19)10-17(12-18)15(5)21-13(3)7-2/h7,10-12,19H,4-5,9H2,1-3H3/b13-7-. The second-order valence-corrected chi connectivity index (χ2v) is 5.67. The molecule has 0 unspecified atom stereocenters. The van der Waals surface area contributed by atoms with Gasteiger partial charge in [0.05, 0.1) is 0 Å². The van der Waals surface area contributed by atoms with Gasteiger partial charge in [-0.1, -0.05) is 36.9 Å². The smallest absolute Gasteiger partial charge is 0.149 e. The van der Waals surface area contributed by atoms with Crippen molar-refractivity contribution in [3.8, 4) is 17.6 Å². The van der Waals surface area contributed by atoms with Crippen molar-refractivity contribution < 1.29 is 9.84 Å². The fraction of sp³-hybridized carbons (Fsp3) is 0.222. The van der Waals surface area contributed by atoms with Gasteiger partial charge < -0.3 is 9.84 Å². The van der Waals surface area contributed by atoms with Crippen LogP contribution in [0.1, 0.15) is 31.9 Å². The summed E-state index contributed by atoms with van der Waals surface area (Å²) in [6.45, 7) is 13.7. The van der Waals surface area contributed by atoms with Gasteiger partial charge in [-0.2, -0.15) is 0 Å². The molecule has 0 aromatic heterocycles. The number of benzene rings is 1. The molecule has 3 heteroatoms. The van der Waals surface area contributed by atoms with Crippen LogP contribution in [0, 0.1) is 11.8 Å². The van der Waals surface area contributed by atoms with Gasteiger partial charge in [-0.3, -0.25) is 0 Å². The first-order chi connectivity index (χ1) is 9.97. The third kappa shape index (κ3) is 5.45. The van der Waals surface area contributed by atoms with E-state index >= 15 is 0 Å². The molecule has 0 bridgehead atoms. The number of ether oxygens (including phenoxy) is 1. The van der Waals surface area contributed by atoms with Gasteiger partial charge in [-0.15, -0.1) is 5.92 Å². The molecule has 0 atom stereocenters. The minimum atomic E-state index is 0.00355. The summed E-state index contributed by atoms with van der Waals surface area (Å²) in [5.74, 6) is 6.26. The monoisotopic (exact) mass is 300 g/mol. The van der Waals surface area contributed by atoms with Gasteiger partial charge in [-0.05, 0) is 49.4 Å². The van der Waals surface area contributed by atoms with Crippen LogP contribution >= 0.6 is 11.8 Å². The van der Waals surface area contributed by atoms with Crippen LogP contribution in [0.15, 0.2) is 42.3 Å². The lowest BCUT2D eigenvalue weighted by atomic mass is 10.1. The Hall–Kier alpha value is -2.05. The second-order valence-electron chi connectivity index (χ2n) is 4.33. The predicted molar refractivity (Wildman–Crippen MR) is 93.1 cm³/mol. The summed E-state index contributed by atoms with van der Waals surface area (Å²) in [6.07, 6.45) is 2.03. The molecule has 0 spiro atoms. The molecule has 110 valence electrons. The Balaban J connectivity index is 3.08. The summed E-state index contributed by atoms with van der Waals surface area (Å²) in [7, 11) is 0. The van der Waals surface area contributed by atoms with Crippen LogP contribution in [0.25, 0.3) is 10.7 Å². The molecule has 21 heavy (non-hydrogen) atoms. The number of thioether (sulfide) groups is 1. The maximum atomic E-state index is 9.63. The Morgan fingerprint density at radius 3 is 2.57 bits per heavy atom. The van der Waals surface area contributed by atoms with Gasteiger partial charge in [0, 0.05) is 10.5 Å². The van der Waals surface area contributed by atoms with E-state index in [2.05, 4.69) is 25.0 Å². The van der Waals surface area contributed by atoms with E-state index in [4.69, 9.17) is 4.74 Å². The SMILES string of the molecule is C=C(O)c1cc(OCC#CC)cc(C(=C)S/C(C)=C\C)c1. The fourth-order valence-electron chi connectivity index (χ4n) is 1.51. The zero-order valence-corrected chi connectivity index (χ0v) is 13.5. The molecule has 1 N–H and O–H groups in total. The van der Waals surface area contributed by atoms with Crippen LogP contribution in [-0.2, 0) is 0 Å². The molecule has 1 aromatic rings. The summed E-state index contributed by atoms with van der Waals surface area (Å²) in [5.41, 5.74) is 1.51. The summed E-state index contributed by atoms with van der Waals surface area (Å²) < 4.78 is 5.57. The molecule has 0 aliphatic rings. The van der Waals surface area contributed by atoms with Crippen LogP contribution in [0.2, 0.25) is 0 Å². The van der Waals surface area contributed by atoms with E-state index in [9.17, 15) is 5.11 Å². The highest BCUT2D eigenvalue weighted by Gasteiger charge is 2.08. The number of allylic oxidation sites excluding steroid dienone is 2. The zero-order chi connectivity index (χ0) is 15.8. The molecule has 0 amide bonds. The molecule has 0 fully saturated rings. The Labute approximate surface area is 131 Å². The normalized spacial score (nSPS) is 10.5. The molecule has 2 nitrogen and oxygen atoms in total. The van der Waals surface area contributed by atoms with Crippen molar-refractivity contribution in [2.75, 3.05) is 6.61 Å². The first-order valence-electron chi connectivity index (χ1n) is 6.53. The molecular formula is C18H20O2S. The average Bonchev–Trinajstić information content (AvgIpc) is 2.46. The fourth-order valence-corrected chi connectivity index (χ4v) is 2.26. The van der Waals surface area contributed by atoms with Crippen LogP contribution < -0.4 is 4.74 Å². The Kier molecular flexibility index (Phi) is 6.71. The maximum Gasteiger partial charge on any atom is 0.149 e. The molecule has 0 saturated heterocycles. The van der Waals surface area contributed by atoms with E-state index in [-0.39, 0.29) is 5.76 Å². The number of hydrogen-bond acceptors (Lipinski definition) is 3. The van der Waals surface area contributed by atoms with Crippen LogP contribution in [0.3, 0.4) is 0 Å². The van der Waals surface area contributed by atoms with Crippen LogP contribution in [0.4, 0.5) is 0 Å². The lowest BCUT2D eigenvalue weighted by Crippen LogP contribution is -1.96. The highest BCUT2D eigenvalue weighted by molar-refractivity contribution is 8.11. The maximum absolute atomic E-state index is 9.63. The Bertz CT molecular complexity index is 630. The minimum absolute atomic E-state index is 0.00355. The van der Waals surface area contributed by atoms with Crippen molar-refractivity contribution in [2.45, 2.75) is 20.8 Å². The number of hydrogen-bond donors (Lipinski definition) is 1. The van der Waals surface area contributed by atoms with Crippen molar-refractivity contribution in [1.29, 1.82) is 0 Å². The largest absolute Gasteiger partial charge is 0.508 e. The lowest BCUT2D eigenvalue weighted by Gasteiger charge is -2.11. The number of rotatable bonds is 6. The average molecular weight is 300 g/mol. The third-order valence-electron chi connectivity index (χ3n) is 2.74. The summed E-state index contributed by atoms with van der Waals surface area (Å²) in [5, 5.41) is 9.63. The highest BCUT2D eigenvalue weighted by Crippen LogP contribution is 2.34. The van der Waals surface area contributed by atoms with Gasteiger partial charge in [0.2, 0.25) is 0 Å². The van der Waals surface area contributed by atoms with Crippen molar-refractivity contribution in [2.24, 2.45) is 0 Å². The molecule has 1 aromatic carbocycles. The molecule has 0 radical (unpaired) electrons. The van der Waals surface area contributed by atoms with Crippen molar-refractivity contribution in [3.63, 3.8) is 0 Å². The third-order valence-corrected chi connectivity index (χ3v) is 3.78.